The second-order valence-corrected chi connectivity index (χ2v) is 1.49. The van der Waals surface area contributed by atoms with Gasteiger partial charge in [-0.15, -0.1) is 11.5 Å². The van der Waals surface area contributed by atoms with Gasteiger partial charge in [0.1, 0.15) is 0 Å². The van der Waals surface area contributed by atoms with Crippen molar-refractivity contribution >= 4 is 0 Å². The molecule has 0 saturated heterocycles. The molecule has 0 N–H and O–H groups in total. The molecule has 0 heterocycles. The number of allylic oxidation sites excluding steroid dienone is 2. The monoisotopic (exact) mass is 310 g/mol. The van der Waals surface area contributed by atoms with E-state index in [-0.39, 0.29) is 21.1 Å². The van der Waals surface area contributed by atoms with Crippen molar-refractivity contribution in [2.45, 2.75) is 0 Å². The van der Waals surface area contributed by atoms with Crippen LogP contribution in [0.5, 0.6) is 0 Å². The van der Waals surface area contributed by atoms with Crippen molar-refractivity contribution in [3.63, 3.8) is 0 Å². The van der Waals surface area contributed by atoms with E-state index < -0.39 is 0 Å². The predicted molar refractivity (Wildman–Crippen MR) is 43.6 cm³/mol. The van der Waals surface area contributed by atoms with Crippen LogP contribution in [0.15, 0.2) is 35.8 Å². The van der Waals surface area contributed by atoms with Crippen molar-refractivity contribution in [3.8, 4) is 23.7 Å². The van der Waals surface area contributed by atoms with Crippen LogP contribution in [0.2, 0.25) is 0 Å². The topological polar surface area (TPSA) is 0 Å². The van der Waals surface area contributed by atoms with Crippen molar-refractivity contribution in [2.75, 3.05) is 0 Å². The zero-order chi connectivity index (χ0) is 7.07. The van der Waals surface area contributed by atoms with Crippen LogP contribution in [0.3, 0.4) is 0 Å². The minimum atomic E-state index is 0. The SMILES string of the molecule is C1=CC#CC=1.C1=CC#CC=1.[WH2]. The molecular formula is C10H6W. The van der Waals surface area contributed by atoms with Gasteiger partial charge in [-0.05, 0) is 0 Å². The Kier molecular flexibility index (Phi) is 6.23. The molecule has 2 rings (SSSR count). The predicted octanol–water partition coefficient (Wildman–Crippen LogP) is 0.891. The molecule has 0 nitrogen and oxygen atoms in total. The maximum absolute atomic E-state index is 2.75. The summed E-state index contributed by atoms with van der Waals surface area (Å²) in [5.41, 5.74) is 5.50. The average Bonchev–Trinajstić information content (AvgIpc) is 2.67. The second kappa shape index (κ2) is 6.96. The van der Waals surface area contributed by atoms with Gasteiger partial charge < -0.3 is 0 Å². The summed E-state index contributed by atoms with van der Waals surface area (Å²) < 4.78 is 0. The summed E-state index contributed by atoms with van der Waals surface area (Å²) in [6.07, 6.45) is 6.78. The molecule has 2 aliphatic carbocycles. The molecule has 1 heteroatoms. The van der Waals surface area contributed by atoms with Crippen molar-refractivity contribution in [3.05, 3.63) is 35.8 Å². The summed E-state index contributed by atoms with van der Waals surface area (Å²) >= 11 is 0. The van der Waals surface area contributed by atoms with Gasteiger partial charge in [0, 0.05) is 24.3 Å². The van der Waals surface area contributed by atoms with E-state index in [1.165, 1.54) is 0 Å². The van der Waals surface area contributed by atoms with Gasteiger partial charge in [-0.25, -0.2) is 0 Å². The van der Waals surface area contributed by atoms with Gasteiger partial charge >= 0.3 is 21.1 Å². The molecule has 11 heavy (non-hydrogen) atoms. The van der Waals surface area contributed by atoms with Crippen LogP contribution in [-0.4, -0.2) is 0 Å². The summed E-state index contributed by atoms with van der Waals surface area (Å²) in [6.45, 7) is 0. The van der Waals surface area contributed by atoms with E-state index in [2.05, 4.69) is 35.1 Å². The molecule has 0 aromatic heterocycles. The maximum atomic E-state index is 2.75. The van der Waals surface area contributed by atoms with E-state index in [1.807, 2.05) is 0 Å². The molecule has 0 spiro atoms. The molecule has 0 aliphatic heterocycles. The van der Waals surface area contributed by atoms with E-state index in [0.717, 1.165) is 0 Å². The van der Waals surface area contributed by atoms with E-state index in [1.54, 1.807) is 24.3 Å². The zero-order valence-corrected chi connectivity index (χ0v) is 9.40. The average molecular weight is 310 g/mol. The van der Waals surface area contributed by atoms with Crippen LogP contribution < -0.4 is 0 Å². The summed E-state index contributed by atoms with van der Waals surface area (Å²) in [7, 11) is 0. The molecule has 0 atom stereocenters. The van der Waals surface area contributed by atoms with E-state index in [9.17, 15) is 0 Å². The van der Waals surface area contributed by atoms with Crippen LogP contribution in [-0.2, 0) is 21.1 Å². The Hall–Kier alpha value is -1.15. The van der Waals surface area contributed by atoms with Crippen LogP contribution in [0.25, 0.3) is 0 Å². The van der Waals surface area contributed by atoms with E-state index >= 15 is 0 Å². The molecule has 0 fully saturated rings. The Labute approximate surface area is 80.6 Å². The molecule has 0 saturated carbocycles. The van der Waals surface area contributed by atoms with Gasteiger partial charge in [-0.2, -0.15) is 0 Å². The Bertz CT molecular complexity index is 289. The Morgan fingerprint density at radius 2 is 0.818 bits per heavy atom. The quantitative estimate of drug-likeness (QED) is 0.460. The molecule has 0 bridgehead atoms. The van der Waals surface area contributed by atoms with Crippen LogP contribution in [0, 0.1) is 23.7 Å². The molecule has 0 aromatic rings. The van der Waals surface area contributed by atoms with Gasteiger partial charge in [-0.3, -0.25) is 0 Å². The molecule has 0 amide bonds. The van der Waals surface area contributed by atoms with Crippen molar-refractivity contribution < 1.29 is 21.1 Å². The minimum absolute atomic E-state index is 0. The van der Waals surface area contributed by atoms with E-state index in [4.69, 9.17) is 0 Å². The molecular weight excluding hydrogens is 304 g/mol. The van der Waals surface area contributed by atoms with E-state index in [0.29, 0.717) is 0 Å². The number of rotatable bonds is 0. The Morgan fingerprint density at radius 3 is 0.909 bits per heavy atom. The Balaban J connectivity index is 0.000000167. The fourth-order valence-electron chi connectivity index (χ4n) is 0.417. The standard InChI is InChI=1S/2C5H2.W.2H/c2*1-2-4-5-3-1;;;/h2*1,4H;;;. The first-order chi connectivity index (χ1) is 5.00. The first-order valence-corrected chi connectivity index (χ1v) is 2.81. The molecule has 0 unspecified atom stereocenters. The summed E-state index contributed by atoms with van der Waals surface area (Å²) in [6, 6.07) is 0. The summed E-state index contributed by atoms with van der Waals surface area (Å²) in [5.74, 6) is 10.7. The van der Waals surface area contributed by atoms with Gasteiger partial charge in [0.2, 0.25) is 0 Å². The van der Waals surface area contributed by atoms with Crippen molar-refractivity contribution in [1.82, 2.24) is 0 Å². The van der Waals surface area contributed by atoms with Gasteiger partial charge in [-0.1, -0.05) is 23.7 Å². The second-order valence-electron chi connectivity index (χ2n) is 1.49. The summed E-state index contributed by atoms with van der Waals surface area (Å²) in [4.78, 5) is 0. The first-order valence-electron chi connectivity index (χ1n) is 2.81. The van der Waals surface area contributed by atoms with Crippen LogP contribution in [0.4, 0.5) is 0 Å². The third-order valence-electron chi connectivity index (χ3n) is 0.789. The van der Waals surface area contributed by atoms with Gasteiger partial charge in [0.05, 0.1) is 0 Å². The molecule has 0 radical (unpaired) electrons. The first kappa shape index (κ1) is 9.85. The Morgan fingerprint density at radius 1 is 0.545 bits per heavy atom. The zero-order valence-electron chi connectivity index (χ0n) is 5.81. The van der Waals surface area contributed by atoms with Gasteiger partial charge in [0.25, 0.3) is 0 Å². The third kappa shape index (κ3) is 5.30. The van der Waals surface area contributed by atoms with Crippen LogP contribution >= 0.6 is 0 Å². The van der Waals surface area contributed by atoms with Gasteiger partial charge in [0.15, 0.2) is 0 Å². The fraction of sp³-hybridized carbons (Fsp3) is 0. The van der Waals surface area contributed by atoms with Crippen molar-refractivity contribution in [2.24, 2.45) is 0 Å². The fourth-order valence-corrected chi connectivity index (χ4v) is 0.417. The number of hydrogen-bond acceptors (Lipinski definition) is 0. The number of hydrogen-bond donors (Lipinski definition) is 0. The van der Waals surface area contributed by atoms with Crippen molar-refractivity contribution in [1.29, 1.82) is 0 Å². The molecule has 2 aliphatic rings. The van der Waals surface area contributed by atoms with Crippen LogP contribution in [0.1, 0.15) is 0 Å². The normalized spacial score (nSPS) is 10.2. The molecule has 0 aromatic carbocycles. The molecule has 52 valence electrons. The summed E-state index contributed by atoms with van der Waals surface area (Å²) in [5, 5.41) is 0. The third-order valence-corrected chi connectivity index (χ3v) is 0.789.